The van der Waals surface area contributed by atoms with Crippen molar-refractivity contribution in [1.82, 2.24) is 4.31 Å². The first-order chi connectivity index (χ1) is 16.8. The SMILES string of the molecule is COc1ccc(NC(=O)CN(c2cc([N+](=O)[O-])ccc2C)S(C)(=O)=O)cc1S(=O)(=O)N1CCCCC1. The molecular weight excluding hydrogens is 512 g/mol. The number of aryl methyl sites for hydroxylation is 1. The number of nitrogens with one attached hydrogen (secondary N) is 1. The molecule has 0 aliphatic carbocycles. The number of benzene rings is 2. The molecular formula is C22H28N4O8S2. The number of nitrogens with zero attached hydrogens (tertiary/aromatic N) is 3. The minimum atomic E-state index is -4.00. The molecule has 2 aromatic carbocycles. The van der Waals surface area contributed by atoms with Gasteiger partial charge in [-0.3, -0.25) is 19.2 Å². The van der Waals surface area contributed by atoms with Crippen LogP contribution in [0.3, 0.4) is 0 Å². The van der Waals surface area contributed by atoms with Crippen LogP contribution in [-0.2, 0) is 24.8 Å². The van der Waals surface area contributed by atoms with Crippen LogP contribution in [0.2, 0.25) is 0 Å². The Morgan fingerprint density at radius 1 is 1.11 bits per heavy atom. The number of non-ortho nitro benzene ring substituents is 1. The third kappa shape index (κ3) is 6.12. The Bertz CT molecular complexity index is 1370. The number of carbonyl (C=O) groups excluding carboxylic acids is 1. The molecule has 1 aliphatic heterocycles. The summed E-state index contributed by atoms with van der Waals surface area (Å²) in [5.41, 5.74) is 0.205. The highest BCUT2D eigenvalue weighted by Gasteiger charge is 2.30. The molecule has 1 amide bonds. The molecule has 36 heavy (non-hydrogen) atoms. The maximum atomic E-state index is 13.2. The van der Waals surface area contributed by atoms with Crippen molar-refractivity contribution in [1.29, 1.82) is 0 Å². The highest BCUT2D eigenvalue weighted by Crippen LogP contribution is 2.32. The second-order valence-electron chi connectivity index (χ2n) is 8.38. The first-order valence-electron chi connectivity index (χ1n) is 11.1. The van der Waals surface area contributed by atoms with E-state index in [9.17, 15) is 31.7 Å². The van der Waals surface area contributed by atoms with Gasteiger partial charge in [0.15, 0.2) is 0 Å². The van der Waals surface area contributed by atoms with E-state index in [1.54, 1.807) is 6.92 Å². The van der Waals surface area contributed by atoms with E-state index in [4.69, 9.17) is 4.74 Å². The Morgan fingerprint density at radius 3 is 2.36 bits per heavy atom. The summed E-state index contributed by atoms with van der Waals surface area (Å²) in [6, 6.07) is 7.83. The van der Waals surface area contributed by atoms with Crippen molar-refractivity contribution in [3.05, 3.63) is 52.1 Å². The van der Waals surface area contributed by atoms with E-state index in [0.717, 1.165) is 35.9 Å². The van der Waals surface area contributed by atoms with Gasteiger partial charge in [-0.1, -0.05) is 12.5 Å². The molecule has 0 saturated carbocycles. The van der Waals surface area contributed by atoms with Gasteiger partial charge in [0.1, 0.15) is 17.2 Å². The van der Waals surface area contributed by atoms with Crippen LogP contribution < -0.4 is 14.4 Å². The molecule has 2 aromatic rings. The summed E-state index contributed by atoms with van der Waals surface area (Å²) in [4.78, 5) is 23.2. The zero-order valence-electron chi connectivity index (χ0n) is 20.1. The lowest BCUT2D eigenvalue weighted by atomic mass is 10.2. The Morgan fingerprint density at radius 2 is 1.78 bits per heavy atom. The highest BCUT2D eigenvalue weighted by molar-refractivity contribution is 7.92. The van der Waals surface area contributed by atoms with Gasteiger partial charge in [0, 0.05) is 30.9 Å². The summed E-state index contributed by atoms with van der Waals surface area (Å²) in [6.45, 7) is 1.65. The normalized spacial score (nSPS) is 14.8. The summed E-state index contributed by atoms with van der Waals surface area (Å²) < 4.78 is 58.7. The topological polar surface area (TPSA) is 156 Å². The number of hydrogen-bond donors (Lipinski definition) is 1. The van der Waals surface area contributed by atoms with Crippen molar-refractivity contribution in [2.24, 2.45) is 0 Å². The number of methoxy groups -OCH3 is 1. The van der Waals surface area contributed by atoms with Gasteiger partial charge in [0.2, 0.25) is 26.0 Å². The quantitative estimate of drug-likeness (QED) is 0.376. The van der Waals surface area contributed by atoms with Crippen LogP contribution in [0.5, 0.6) is 5.75 Å². The third-order valence-electron chi connectivity index (χ3n) is 5.74. The van der Waals surface area contributed by atoms with Gasteiger partial charge in [0.05, 0.1) is 24.0 Å². The van der Waals surface area contributed by atoms with Crippen molar-refractivity contribution in [2.75, 3.05) is 42.6 Å². The predicted molar refractivity (Wildman–Crippen MR) is 134 cm³/mol. The third-order valence-corrected chi connectivity index (χ3v) is 8.79. The van der Waals surface area contributed by atoms with Crippen LogP contribution in [-0.4, -0.2) is 65.0 Å². The molecule has 0 bridgehead atoms. The van der Waals surface area contributed by atoms with Crippen LogP contribution in [0.1, 0.15) is 24.8 Å². The molecule has 12 nitrogen and oxygen atoms in total. The van der Waals surface area contributed by atoms with Gasteiger partial charge in [-0.05, 0) is 43.5 Å². The maximum Gasteiger partial charge on any atom is 0.271 e. The van der Waals surface area contributed by atoms with Crippen LogP contribution in [0.15, 0.2) is 41.3 Å². The van der Waals surface area contributed by atoms with Gasteiger partial charge in [0.25, 0.3) is 5.69 Å². The minimum absolute atomic E-state index is 0.00931. The molecule has 3 rings (SSSR count). The lowest BCUT2D eigenvalue weighted by Gasteiger charge is -2.27. The van der Waals surface area contributed by atoms with E-state index in [-0.39, 0.29) is 27.7 Å². The summed E-state index contributed by atoms with van der Waals surface area (Å²) in [6.07, 6.45) is 3.32. The van der Waals surface area contributed by atoms with E-state index in [2.05, 4.69) is 5.32 Å². The molecule has 0 atom stereocenters. The number of piperidine rings is 1. The van der Waals surface area contributed by atoms with E-state index < -0.39 is 37.4 Å². The lowest BCUT2D eigenvalue weighted by Crippen LogP contribution is -2.38. The van der Waals surface area contributed by atoms with E-state index in [0.29, 0.717) is 18.7 Å². The summed E-state index contributed by atoms with van der Waals surface area (Å²) in [7, 11) is -6.54. The molecule has 0 spiro atoms. The second-order valence-corrected chi connectivity index (χ2v) is 12.2. The summed E-state index contributed by atoms with van der Waals surface area (Å²) in [5.74, 6) is -0.652. The summed E-state index contributed by atoms with van der Waals surface area (Å²) in [5, 5.41) is 13.7. The molecule has 0 radical (unpaired) electrons. The second kappa shape index (κ2) is 10.8. The van der Waals surface area contributed by atoms with Crippen molar-refractivity contribution in [3.8, 4) is 5.75 Å². The van der Waals surface area contributed by atoms with Crippen molar-refractivity contribution < 1.29 is 31.3 Å². The summed E-state index contributed by atoms with van der Waals surface area (Å²) >= 11 is 0. The van der Waals surface area contributed by atoms with Crippen LogP contribution in [0, 0.1) is 17.0 Å². The monoisotopic (exact) mass is 540 g/mol. The number of anilines is 2. The first-order valence-corrected chi connectivity index (χ1v) is 14.3. The zero-order chi connectivity index (χ0) is 26.7. The molecule has 1 saturated heterocycles. The van der Waals surface area contributed by atoms with Gasteiger partial charge < -0.3 is 10.1 Å². The number of hydrogen-bond acceptors (Lipinski definition) is 8. The van der Waals surface area contributed by atoms with Crippen LogP contribution >= 0.6 is 0 Å². The number of sulfonamides is 2. The van der Waals surface area contributed by atoms with Gasteiger partial charge in [-0.2, -0.15) is 4.31 Å². The number of ether oxygens (including phenoxy) is 1. The zero-order valence-corrected chi connectivity index (χ0v) is 21.8. The molecule has 0 unspecified atom stereocenters. The Labute approximate surface area is 210 Å². The maximum absolute atomic E-state index is 13.2. The first kappa shape index (κ1) is 27.4. The lowest BCUT2D eigenvalue weighted by molar-refractivity contribution is -0.384. The standard InChI is InChI=1S/C22H28N4O8S2/c1-16-7-9-18(26(28)29)14-19(16)25(35(3,30)31)15-22(27)23-17-8-10-20(34-2)21(13-17)36(32,33)24-11-5-4-6-12-24/h7-10,13-14H,4-6,11-12,15H2,1-3H3,(H,23,27). The number of rotatable bonds is 9. The highest BCUT2D eigenvalue weighted by atomic mass is 32.2. The van der Waals surface area contributed by atoms with Gasteiger partial charge in [-0.25, -0.2) is 16.8 Å². The fourth-order valence-corrected chi connectivity index (χ4v) is 6.50. The van der Waals surface area contributed by atoms with E-state index in [1.807, 2.05) is 0 Å². The largest absolute Gasteiger partial charge is 0.495 e. The smallest absolute Gasteiger partial charge is 0.271 e. The molecule has 0 aromatic heterocycles. The Hall–Kier alpha value is -3.23. The molecule has 14 heteroatoms. The van der Waals surface area contributed by atoms with Crippen LogP contribution in [0.25, 0.3) is 0 Å². The molecule has 1 heterocycles. The molecule has 1 fully saturated rings. The van der Waals surface area contributed by atoms with Gasteiger partial charge >= 0.3 is 0 Å². The van der Waals surface area contributed by atoms with Crippen molar-refractivity contribution in [3.63, 3.8) is 0 Å². The molecule has 1 N–H and O–H groups in total. The van der Waals surface area contributed by atoms with Crippen molar-refractivity contribution in [2.45, 2.75) is 31.1 Å². The number of carbonyl (C=O) groups is 1. The average molecular weight is 541 g/mol. The molecule has 1 aliphatic rings. The Balaban J connectivity index is 1.90. The average Bonchev–Trinajstić information content (AvgIpc) is 2.82. The van der Waals surface area contributed by atoms with Crippen LogP contribution in [0.4, 0.5) is 17.1 Å². The number of nitro groups is 1. The number of nitro benzene ring substituents is 1. The minimum Gasteiger partial charge on any atom is -0.495 e. The molecule has 196 valence electrons. The van der Waals surface area contributed by atoms with Gasteiger partial charge in [-0.15, -0.1) is 0 Å². The van der Waals surface area contributed by atoms with Crippen molar-refractivity contribution >= 4 is 43.0 Å². The fraction of sp³-hybridized carbons (Fsp3) is 0.409. The number of amides is 1. The fourth-order valence-electron chi connectivity index (χ4n) is 3.89. The Kier molecular flexibility index (Phi) is 8.21. The van der Waals surface area contributed by atoms with E-state index in [1.165, 1.54) is 41.7 Å². The predicted octanol–water partition coefficient (Wildman–Crippen LogP) is 2.49. The van der Waals surface area contributed by atoms with E-state index >= 15 is 0 Å².